The van der Waals surface area contributed by atoms with E-state index in [0.29, 0.717) is 24.0 Å². The van der Waals surface area contributed by atoms with Crippen molar-refractivity contribution in [3.8, 4) is 22.8 Å². The third-order valence-electron chi connectivity index (χ3n) is 9.16. The number of hydrogen-bond donors (Lipinski definition) is 3. The molecule has 10 nitrogen and oxygen atoms in total. The van der Waals surface area contributed by atoms with Gasteiger partial charge >= 0.3 is 12.3 Å². The summed E-state index contributed by atoms with van der Waals surface area (Å²) in [5.74, 6) is -1.19. The van der Waals surface area contributed by atoms with E-state index in [-0.39, 0.29) is 55.7 Å². The summed E-state index contributed by atoms with van der Waals surface area (Å²) in [5, 5.41) is 22.7. The number of likely N-dealkylation sites (tertiary alicyclic amines) is 1. The highest BCUT2D eigenvalue weighted by molar-refractivity contribution is 5.95. The Morgan fingerprint density at radius 3 is 2.29 bits per heavy atom. The minimum atomic E-state index is -5.31. The number of pyridine rings is 1. The molecule has 14 heteroatoms. The monoisotopic (exact) mass is 725 g/mol. The largest absolute Gasteiger partial charge is 0.493 e. The van der Waals surface area contributed by atoms with Crippen LogP contribution in [0.2, 0.25) is 0 Å². The van der Waals surface area contributed by atoms with Crippen molar-refractivity contribution >= 4 is 12.0 Å². The van der Waals surface area contributed by atoms with E-state index < -0.39 is 47.2 Å². The number of rotatable bonds is 12. The summed E-state index contributed by atoms with van der Waals surface area (Å²) in [6.45, 7) is 0.820. The lowest BCUT2D eigenvalue weighted by atomic mass is 9.73. The fraction of sp³-hybridized carbons (Fsp3) is 0.342. The predicted molar refractivity (Wildman–Crippen MR) is 182 cm³/mol. The number of carbonyl (C=O) groups is 2. The van der Waals surface area contributed by atoms with Gasteiger partial charge in [-0.15, -0.1) is 0 Å². The first-order chi connectivity index (χ1) is 24.8. The number of aromatic nitrogens is 1. The van der Waals surface area contributed by atoms with Crippen molar-refractivity contribution in [3.63, 3.8) is 0 Å². The first-order valence-corrected chi connectivity index (χ1v) is 16.5. The molecular weight excluding hydrogens is 686 g/mol. The molecule has 0 bridgehead atoms. The number of amides is 2. The van der Waals surface area contributed by atoms with Gasteiger partial charge in [0.15, 0.2) is 11.5 Å². The van der Waals surface area contributed by atoms with Crippen molar-refractivity contribution < 1.29 is 51.6 Å². The van der Waals surface area contributed by atoms with E-state index in [9.17, 15) is 32.3 Å². The smallest absolute Gasteiger partial charge is 0.424 e. The summed E-state index contributed by atoms with van der Waals surface area (Å²) < 4.78 is 74.6. The number of carbonyl (C=O) groups excluding carboxylic acids is 2. The standard InChI is InChI=1S/C38H39F4N3O7/c1-36(14-16-45(17-15-36)35(48)52-23-25-6-4-3-5-7-25)28-21-30(26-8-11-29(39)12-9-26)44-33(22-28)37(49,38(40,41)42)24-43-34(47)27-10-13-31(51-19-18-46)32(20-27)50-2/h3-13,20-22,46,49H,14-19,23-24H2,1-2H3,(H,43,47). The molecule has 5 rings (SSSR count). The molecule has 4 aromatic rings. The fourth-order valence-corrected chi connectivity index (χ4v) is 5.87. The Balaban J connectivity index is 1.42. The van der Waals surface area contributed by atoms with Gasteiger partial charge in [0, 0.05) is 24.2 Å². The Hall–Kier alpha value is -5.21. The lowest BCUT2D eigenvalue weighted by Gasteiger charge is -2.40. The highest BCUT2D eigenvalue weighted by atomic mass is 19.4. The number of aliphatic hydroxyl groups excluding tert-OH is 1. The Labute approximate surface area is 298 Å². The van der Waals surface area contributed by atoms with Gasteiger partial charge in [0.1, 0.15) is 19.0 Å². The summed E-state index contributed by atoms with van der Waals surface area (Å²) in [6, 6.07) is 20.9. The van der Waals surface area contributed by atoms with Gasteiger partial charge in [0.05, 0.1) is 31.6 Å². The molecule has 1 saturated heterocycles. The number of benzene rings is 3. The number of hydrogen-bond acceptors (Lipinski definition) is 8. The van der Waals surface area contributed by atoms with E-state index in [2.05, 4.69) is 10.3 Å². The molecule has 0 saturated carbocycles. The highest BCUT2D eigenvalue weighted by Crippen LogP contribution is 2.43. The molecule has 2 heterocycles. The molecule has 1 aliphatic heterocycles. The van der Waals surface area contributed by atoms with E-state index in [1.165, 1.54) is 48.4 Å². The molecule has 3 N–H and O–H groups in total. The van der Waals surface area contributed by atoms with Crippen LogP contribution in [-0.2, 0) is 22.4 Å². The molecule has 1 unspecified atom stereocenters. The quantitative estimate of drug-likeness (QED) is 0.149. The van der Waals surface area contributed by atoms with Crippen molar-refractivity contribution in [2.75, 3.05) is 40.0 Å². The van der Waals surface area contributed by atoms with Gasteiger partial charge in [-0.3, -0.25) is 4.79 Å². The summed E-state index contributed by atoms with van der Waals surface area (Å²) in [7, 11) is 1.31. The Morgan fingerprint density at radius 2 is 1.65 bits per heavy atom. The van der Waals surface area contributed by atoms with Crippen molar-refractivity contribution in [2.24, 2.45) is 0 Å². The lowest BCUT2D eigenvalue weighted by Crippen LogP contribution is -2.52. The predicted octanol–water partition coefficient (Wildman–Crippen LogP) is 6.14. The topological polar surface area (TPSA) is 130 Å². The molecule has 1 aromatic heterocycles. The Kier molecular flexibility index (Phi) is 11.7. The van der Waals surface area contributed by atoms with Crippen LogP contribution >= 0.6 is 0 Å². The third kappa shape index (κ3) is 8.62. The number of methoxy groups -OCH3 is 1. The number of aliphatic hydroxyl groups is 2. The molecule has 1 aliphatic rings. The zero-order valence-electron chi connectivity index (χ0n) is 28.6. The molecule has 52 heavy (non-hydrogen) atoms. The van der Waals surface area contributed by atoms with Gasteiger partial charge in [0.25, 0.3) is 5.91 Å². The van der Waals surface area contributed by atoms with Crippen molar-refractivity contribution in [1.82, 2.24) is 15.2 Å². The molecule has 0 aliphatic carbocycles. The number of ether oxygens (including phenoxy) is 3. The van der Waals surface area contributed by atoms with Crippen LogP contribution in [0.5, 0.6) is 11.5 Å². The summed E-state index contributed by atoms with van der Waals surface area (Å²) in [4.78, 5) is 31.7. The molecule has 2 amide bonds. The molecule has 1 atom stereocenters. The van der Waals surface area contributed by atoms with E-state index in [1.807, 2.05) is 37.3 Å². The molecule has 3 aromatic carbocycles. The van der Waals surface area contributed by atoms with Gasteiger partial charge in [-0.05, 0) is 84.0 Å². The minimum Gasteiger partial charge on any atom is -0.493 e. The van der Waals surface area contributed by atoms with Gasteiger partial charge in [0.2, 0.25) is 5.60 Å². The zero-order chi connectivity index (χ0) is 37.5. The van der Waals surface area contributed by atoms with Gasteiger partial charge in [-0.1, -0.05) is 37.3 Å². The number of nitrogens with one attached hydrogen (secondary N) is 1. The van der Waals surface area contributed by atoms with Gasteiger partial charge < -0.3 is 34.6 Å². The normalized spacial score (nSPS) is 15.3. The van der Waals surface area contributed by atoms with Crippen LogP contribution < -0.4 is 14.8 Å². The number of alkyl halides is 3. The first kappa shape index (κ1) is 38.0. The van der Waals surface area contributed by atoms with Crippen LogP contribution in [0.15, 0.2) is 84.9 Å². The van der Waals surface area contributed by atoms with Crippen molar-refractivity contribution in [3.05, 3.63) is 113 Å². The maximum Gasteiger partial charge on any atom is 0.424 e. The number of nitrogens with zero attached hydrogens (tertiary/aromatic N) is 2. The second kappa shape index (κ2) is 16.0. The van der Waals surface area contributed by atoms with E-state index in [1.54, 1.807) is 6.07 Å². The maximum atomic E-state index is 14.9. The molecular formula is C38H39F4N3O7. The van der Waals surface area contributed by atoms with Crippen LogP contribution in [-0.4, -0.2) is 78.2 Å². The average Bonchev–Trinajstić information content (AvgIpc) is 3.15. The van der Waals surface area contributed by atoms with Crippen molar-refractivity contribution in [1.29, 1.82) is 0 Å². The molecule has 276 valence electrons. The second-order valence-electron chi connectivity index (χ2n) is 12.7. The first-order valence-electron chi connectivity index (χ1n) is 16.5. The van der Waals surface area contributed by atoms with Crippen LogP contribution in [0, 0.1) is 5.82 Å². The maximum absolute atomic E-state index is 14.9. The SMILES string of the molecule is COc1cc(C(=O)NCC(O)(c2cc(C3(C)CCN(C(=O)OCc4ccccc4)CC3)cc(-c3ccc(F)cc3)n2)C(F)(F)F)ccc1OCCO. The summed E-state index contributed by atoms with van der Waals surface area (Å²) in [5.41, 5.74) is -3.68. The van der Waals surface area contributed by atoms with Crippen LogP contribution in [0.1, 0.15) is 46.9 Å². The Morgan fingerprint density at radius 1 is 0.962 bits per heavy atom. The van der Waals surface area contributed by atoms with Gasteiger partial charge in [-0.25, -0.2) is 14.2 Å². The second-order valence-corrected chi connectivity index (χ2v) is 12.7. The average molecular weight is 726 g/mol. The van der Waals surface area contributed by atoms with Crippen LogP contribution in [0.4, 0.5) is 22.4 Å². The van der Waals surface area contributed by atoms with Crippen LogP contribution in [0.25, 0.3) is 11.3 Å². The minimum absolute atomic E-state index is 0.0505. The molecule has 0 spiro atoms. The summed E-state index contributed by atoms with van der Waals surface area (Å²) in [6.07, 6.45) is -5.12. The Bertz CT molecular complexity index is 1850. The number of piperidine rings is 1. The summed E-state index contributed by atoms with van der Waals surface area (Å²) >= 11 is 0. The molecule has 1 fully saturated rings. The van der Waals surface area contributed by atoms with Crippen molar-refractivity contribution in [2.45, 2.75) is 43.6 Å². The molecule has 0 radical (unpaired) electrons. The number of halogens is 4. The third-order valence-corrected chi connectivity index (χ3v) is 9.16. The highest BCUT2D eigenvalue weighted by Gasteiger charge is 2.57. The van der Waals surface area contributed by atoms with E-state index in [0.717, 1.165) is 17.7 Å². The fourth-order valence-electron chi connectivity index (χ4n) is 5.87. The van der Waals surface area contributed by atoms with E-state index >= 15 is 0 Å². The van der Waals surface area contributed by atoms with Gasteiger partial charge in [-0.2, -0.15) is 13.2 Å². The van der Waals surface area contributed by atoms with E-state index in [4.69, 9.17) is 19.3 Å². The van der Waals surface area contributed by atoms with Crippen LogP contribution in [0.3, 0.4) is 0 Å². The zero-order valence-corrected chi connectivity index (χ0v) is 28.6. The lowest BCUT2D eigenvalue weighted by molar-refractivity contribution is -0.265.